The number of hydrogen-bond donors (Lipinski definition) is 1. The Morgan fingerprint density at radius 3 is 2.83 bits per heavy atom. The zero-order valence-corrected chi connectivity index (χ0v) is 12.7. The van der Waals surface area contributed by atoms with Gasteiger partial charge in [0.1, 0.15) is 11.2 Å². The van der Waals surface area contributed by atoms with E-state index in [1.807, 2.05) is 59.3 Å². The number of benzene rings is 1. The average molecular weight is 315 g/mol. The maximum atomic E-state index is 12.8. The lowest BCUT2D eigenvalue weighted by Crippen LogP contribution is -2.23. The lowest BCUT2D eigenvalue weighted by Gasteiger charge is -2.01. The molecule has 0 unspecified atom stereocenters. The van der Waals surface area contributed by atoms with Gasteiger partial charge in [-0.3, -0.25) is 4.79 Å². The molecule has 0 bridgehead atoms. The molecule has 6 nitrogen and oxygen atoms in total. The average Bonchev–Trinajstić information content (AvgIpc) is 3.18. The highest BCUT2D eigenvalue weighted by Crippen LogP contribution is 2.21. The minimum absolute atomic E-state index is 0.138. The van der Waals surface area contributed by atoms with Crippen molar-refractivity contribution in [2.75, 3.05) is 0 Å². The van der Waals surface area contributed by atoms with E-state index in [1.165, 1.54) is 4.68 Å². The maximum Gasteiger partial charge on any atom is 0.291 e. The molecule has 0 saturated heterocycles. The number of aromatic nitrogens is 5. The van der Waals surface area contributed by atoms with Gasteiger partial charge in [-0.1, -0.05) is 24.3 Å². The van der Waals surface area contributed by atoms with Crippen molar-refractivity contribution in [3.8, 4) is 0 Å². The molecule has 0 fully saturated rings. The molecular formula is C18H13N5O. The van der Waals surface area contributed by atoms with Crippen molar-refractivity contribution in [3.63, 3.8) is 0 Å². The minimum Gasteiger partial charge on any atom is -0.350 e. The molecule has 4 heterocycles. The van der Waals surface area contributed by atoms with Gasteiger partial charge < -0.3 is 9.38 Å². The molecule has 1 aromatic carbocycles. The molecule has 6 heteroatoms. The van der Waals surface area contributed by atoms with Gasteiger partial charge in [0.15, 0.2) is 0 Å². The minimum atomic E-state index is -0.138. The van der Waals surface area contributed by atoms with Crippen LogP contribution in [0.1, 0.15) is 5.69 Å². The van der Waals surface area contributed by atoms with Gasteiger partial charge in [0.2, 0.25) is 0 Å². The van der Waals surface area contributed by atoms with E-state index in [9.17, 15) is 4.79 Å². The Morgan fingerprint density at radius 1 is 1.04 bits per heavy atom. The van der Waals surface area contributed by atoms with Crippen LogP contribution >= 0.6 is 0 Å². The van der Waals surface area contributed by atoms with Crippen LogP contribution in [0.25, 0.3) is 27.5 Å². The van der Waals surface area contributed by atoms with Crippen LogP contribution < -0.4 is 5.56 Å². The first-order valence-corrected chi connectivity index (χ1v) is 7.69. The number of nitrogens with one attached hydrogen (secondary N) is 1. The molecule has 116 valence electrons. The first-order valence-electron chi connectivity index (χ1n) is 7.69. The van der Waals surface area contributed by atoms with Gasteiger partial charge in [-0.15, -0.1) is 0 Å². The molecule has 4 aromatic heterocycles. The topological polar surface area (TPSA) is 68.0 Å². The molecule has 0 aliphatic carbocycles. The first kappa shape index (κ1) is 13.1. The zero-order chi connectivity index (χ0) is 16.1. The number of pyridine rings is 1. The van der Waals surface area contributed by atoms with E-state index in [1.54, 1.807) is 6.20 Å². The molecule has 1 N–H and O–H groups in total. The molecule has 0 saturated carbocycles. The largest absolute Gasteiger partial charge is 0.350 e. The second-order valence-corrected chi connectivity index (χ2v) is 5.76. The number of imidazole rings is 1. The maximum absolute atomic E-state index is 12.8. The highest BCUT2D eigenvalue weighted by atomic mass is 16.1. The number of para-hydroxylation sites is 1. The monoisotopic (exact) mass is 315 g/mol. The molecular weight excluding hydrogens is 302 g/mol. The predicted octanol–water partition coefficient (Wildman–Crippen LogP) is 2.57. The normalized spacial score (nSPS) is 11.7. The third-order valence-corrected chi connectivity index (χ3v) is 4.25. The molecule has 24 heavy (non-hydrogen) atoms. The number of rotatable bonds is 2. The summed E-state index contributed by atoms with van der Waals surface area (Å²) >= 11 is 0. The Balaban J connectivity index is 1.65. The number of fused-ring (bicyclic) bond motifs is 4. The van der Waals surface area contributed by atoms with Gasteiger partial charge in [0.05, 0.1) is 18.4 Å². The fourth-order valence-corrected chi connectivity index (χ4v) is 3.10. The third kappa shape index (κ3) is 1.86. The summed E-state index contributed by atoms with van der Waals surface area (Å²) in [7, 11) is 0. The van der Waals surface area contributed by atoms with E-state index in [0.717, 1.165) is 27.6 Å². The van der Waals surface area contributed by atoms with Crippen LogP contribution in [0, 0.1) is 0 Å². The Labute approximate surface area is 136 Å². The lowest BCUT2D eigenvalue weighted by atomic mass is 10.2. The van der Waals surface area contributed by atoms with Crippen molar-refractivity contribution >= 4 is 27.5 Å². The van der Waals surface area contributed by atoms with Crippen molar-refractivity contribution < 1.29 is 0 Å². The molecule has 0 aliphatic rings. The fraction of sp³-hybridized carbons (Fsp3) is 0.0556. The quantitative estimate of drug-likeness (QED) is 0.544. The van der Waals surface area contributed by atoms with Crippen LogP contribution in [0.2, 0.25) is 0 Å². The van der Waals surface area contributed by atoms with Crippen LogP contribution in [-0.4, -0.2) is 24.1 Å². The summed E-state index contributed by atoms with van der Waals surface area (Å²) in [6.07, 6.45) is 5.59. The molecule has 0 amide bonds. The van der Waals surface area contributed by atoms with Crippen molar-refractivity contribution in [3.05, 3.63) is 77.1 Å². The molecule has 5 aromatic rings. The van der Waals surface area contributed by atoms with E-state index in [-0.39, 0.29) is 5.56 Å². The SMILES string of the molecule is O=c1c2[nH]c3ccccc3c2cnn1Cc1cn2ccccc2n1. The van der Waals surface area contributed by atoms with Gasteiger partial charge in [-0.05, 0) is 18.2 Å². The Kier molecular flexibility index (Phi) is 2.61. The molecule has 0 radical (unpaired) electrons. The summed E-state index contributed by atoms with van der Waals surface area (Å²) in [5.41, 5.74) is 3.03. The van der Waals surface area contributed by atoms with E-state index >= 15 is 0 Å². The fourth-order valence-electron chi connectivity index (χ4n) is 3.10. The Morgan fingerprint density at radius 2 is 1.92 bits per heavy atom. The second kappa shape index (κ2) is 4.79. The summed E-state index contributed by atoms with van der Waals surface area (Å²) in [6.45, 7) is 0.339. The van der Waals surface area contributed by atoms with E-state index in [0.29, 0.717) is 12.1 Å². The summed E-state index contributed by atoms with van der Waals surface area (Å²) < 4.78 is 3.38. The van der Waals surface area contributed by atoms with Gasteiger partial charge in [-0.25, -0.2) is 9.67 Å². The summed E-state index contributed by atoms with van der Waals surface area (Å²) in [4.78, 5) is 20.5. The Bertz CT molecular complexity index is 1230. The third-order valence-electron chi connectivity index (χ3n) is 4.25. The number of aromatic amines is 1. The van der Waals surface area contributed by atoms with Gasteiger partial charge in [-0.2, -0.15) is 5.10 Å². The van der Waals surface area contributed by atoms with Crippen molar-refractivity contribution in [1.82, 2.24) is 24.1 Å². The van der Waals surface area contributed by atoms with Crippen LogP contribution in [-0.2, 0) is 6.54 Å². The number of hydrogen-bond acceptors (Lipinski definition) is 3. The standard InChI is InChI=1S/C18H13N5O/c24-18-17-14(13-5-1-2-6-15(13)21-17)9-19-23(18)11-12-10-22-8-4-3-7-16(22)20-12/h1-10,21H,11H2. The van der Waals surface area contributed by atoms with Crippen LogP contribution in [0.15, 0.2) is 65.8 Å². The Hall–Kier alpha value is -3.41. The van der Waals surface area contributed by atoms with Crippen molar-refractivity contribution in [2.24, 2.45) is 0 Å². The molecule has 5 rings (SSSR count). The summed E-state index contributed by atoms with van der Waals surface area (Å²) in [6, 6.07) is 13.7. The number of nitrogens with zero attached hydrogens (tertiary/aromatic N) is 4. The molecule has 0 aliphatic heterocycles. The van der Waals surface area contributed by atoms with Gasteiger partial charge in [0, 0.05) is 28.7 Å². The summed E-state index contributed by atoms with van der Waals surface area (Å²) in [5.74, 6) is 0. The molecule has 0 spiro atoms. The van der Waals surface area contributed by atoms with Gasteiger partial charge in [0.25, 0.3) is 5.56 Å². The van der Waals surface area contributed by atoms with E-state index < -0.39 is 0 Å². The highest BCUT2D eigenvalue weighted by Gasteiger charge is 2.11. The highest BCUT2D eigenvalue weighted by molar-refractivity contribution is 6.06. The van der Waals surface area contributed by atoms with Crippen LogP contribution in [0.3, 0.4) is 0 Å². The van der Waals surface area contributed by atoms with Crippen molar-refractivity contribution in [2.45, 2.75) is 6.54 Å². The lowest BCUT2D eigenvalue weighted by molar-refractivity contribution is 0.637. The van der Waals surface area contributed by atoms with Crippen LogP contribution in [0.5, 0.6) is 0 Å². The van der Waals surface area contributed by atoms with Gasteiger partial charge >= 0.3 is 0 Å². The predicted molar refractivity (Wildman–Crippen MR) is 92.2 cm³/mol. The molecule has 0 atom stereocenters. The summed E-state index contributed by atoms with van der Waals surface area (Å²) in [5, 5.41) is 6.19. The smallest absolute Gasteiger partial charge is 0.291 e. The van der Waals surface area contributed by atoms with Crippen molar-refractivity contribution in [1.29, 1.82) is 0 Å². The van der Waals surface area contributed by atoms with Crippen LogP contribution in [0.4, 0.5) is 0 Å². The zero-order valence-electron chi connectivity index (χ0n) is 12.7. The first-order chi connectivity index (χ1) is 11.8. The second-order valence-electron chi connectivity index (χ2n) is 5.76. The van der Waals surface area contributed by atoms with E-state index in [2.05, 4.69) is 15.1 Å². The van der Waals surface area contributed by atoms with E-state index in [4.69, 9.17) is 0 Å². The number of H-pyrrole nitrogens is 1.